The fourth-order valence-electron chi connectivity index (χ4n) is 1.75. The van der Waals surface area contributed by atoms with Gasteiger partial charge in [-0.2, -0.15) is 8.42 Å². The predicted octanol–water partition coefficient (Wildman–Crippen LogP) is -2.64. The van der Waals surface area contributed by atoms with Crippen LogP contribution < -0.4 is 29.6 Å². The van der Waals surface area contributed by atoms with Gasteiger partial charge in [0.15, 0.2) is 0 Å². The molecule has 0 radical (unpaired) electrons. The van der Waals surface area contributed by atoms with E-state index < -0.39 is 30.5 Å². The van der Waals surface area contributed by atoms with E-state index in [4.69, 9.17) is 0 Å². The first-order chi connectivity index (χ1) is 7.91. The molecule has 0 heterocycles. The molecule has 1 aliphatic carbocycles. The van der Waals surface area contributed by atoms with Gasteiger partial charge in [-0.05, 0) is 17.2 Å². The smallest absolute Gasteiger partial charge is 0.747 e. The average Bonchev–Trinajstić information content (AvgIpc) is 2.26. The quantitative estimate of drug-likeness (QED) is 0.321. The zero-order chi connectivity index (χ0) is 12.6. The van der Waals surface area contributed by atoms with Gasteiger partial charge in [-0.1, -0.05) is 30.3 Å². The van der Waals surface area contributed by atoms with Gasteiger partial charge in [0.1, 0.15) is 15.4 Å². The summed E-state index contributed by atoms with van der Waals surface area (Å²) in [6.45, 7) is 0. The van der Waals surface area contributed by atoms with Gasteiger partial charge in [-0.3, -0.25) is 0 Å². The first kappa shape index (κ1) is 15.6. The summed E-state index contributed by atoms with van der Waals surface area (Å²) in [7, 11) is -7.50. The maximum absolute atomic E-state index is 11.2. The zero-order valence-electron chi connectivity index (χ0n) is 9.40. The fraction of sp³-hybridized carbons (Fsp3) is 0.100. The van der Waals surface area contributed by atoms with Gasteiger partial charge in [0.05, 0.1) is 4.86 Å². The number of allylic oxidation sites excluding steroid dienone is 1. The van der Waals surface area contributed by atoms with Gasteiger partial charge >= 0.3 is 29.6 Å². The van der Waals surface area contributed by atoms with Crippen molar-refractivity contribution in [1.29, 1.82) is 0 Å². The Kier molecular flexibility index (Phi) is 4.93. The van der Waals surface area contributed by atoms with Crippen molar-refractivity contribution < 1.29 is 50.9 Å². The van der Waals surface area contributed by atoms with Gasteiger partial charge in [-0.15, -0.1) is 0 Å². The molecule has 0 aliphatic heterocycles. The van der Waals surface area contributed by atoms with Crippen molar-refractivity contribution in [3.8, 4) is 0 Å². The van der Waals surface area contributed by atoms with Crippen LogP contribution in [-0.2, 0) is 20.4 Å². The Bertz CT molecular complexity index is 723. The third kappa shape index (κ3) is 2.93. The van der Waals surface area contributed by atoms with Gasteiger partial charge in [-0.25, -0.2) is 8.42 Å². The molecule has 90 valence electrons. The van der Waals surface area contributed by atoms with Crippen LogP contribution in [0.2, 0.25) is 0 Å². The third-order valence-corrected chi connectivity index (χ3v) is 4.44. The second-order valence-corrected chi connectivity index (χ2v) is 5.87. The van der Waals surface area contributed by atoms with Crippen LogP contribution in [-0.4, -0.2) is 26.3 Å². The summed E-state index contributed by atoms with van der Waals surface area (Å²) < 4.78 is 55.4. The maximum Gasteiger partial charge on any atom is 1.00 e. The number of rotatable bonds is 1. The van der Waals surface area contributed by atoms with E-state index >= 15 is 0 Å². The topological polar surface area (TPSA) is 91.3 Å². The average molecular weight is 294 g/mol. The molecule has 1 aromatic carbocycles. The van der Waals surface area contributed by atoms with E-state index in [-0.39, 0.29) is 35.1 Å². The summed E-state index contributed by atoms with van der Waals surface area (Å²) in [6, 6.07) is 6.29. The van der Waals surface area contributed by atoms with E-state index in [9.17, 15) is 21.4 Å². The van der Waals surface area contributed by atoms with Crippen LogP contribution in [0, 0.1) is 0 Å². The van der Waals surface area contributed by atoms with Crippen molar-refractivity contribution in [2.24, 2.45) is 0 Å². The minimum atomic E-state index is -4.76. The normalized spacial score (nSPS) is 17.8. The monoisotopic (exact) mass is 294 g/mol. The van der Waals surface area contributed by atoms with E-state index in [2.05, 4.69) is 0 Å². The number of hydrogen-bond acceptors (Lipinski definition) is 5. The molecule has 0 saturated heterocycles. The van der Waals surface area contributed by atoms with Crippen LogP contribution in [0.3, 0.4) is 0 Å². The Morgan fingerprint density at radius 3 is 2.28 bits per heavy atom. The van der Waals surface area contributed by atoms with Crippen molar-refractivity contribution >= 4 is 31.4 Å². The first-order valence-electron chi connectivity index (χ1n) is 4.59. The summed E-state index contributed by atoms with van der Waals surface area (Å²) in [4.78, 5) is -0.418. The Labute approximate surface area is 128 Å². The van der Waals surface area contributed by atoms with Crippen LogP contribution in [0.5, 0.6) is 0 Å². The zero-order valence-corrected chi connectivity index (χ0v) is 13.0. The Hall–Kier alpha value is -0.440. The molecule has 5 nitrogen and oxygen atoms in total. The largest absolute Gasteiger partial charge is 1.00 e. The van der Waals surface area contributed by atoms with Crippen molar-refractivity contribution in [1.82, 2.24) is 0 Å². The maximum atomic E-state index is 11.2. The van der Waals surface area contributed by atoms with Crippen LogP contribution in [0.4, 0.5) is 0 Å². The van der Waals surface area contributed by atoms with Gasteiger partial charge in [0, 0.05) is 0 Å². The van der Waals surface area contributed by atoms with Gasteiger partial charge in [0.2, 0.25) is 10.3 Å². The van der Waals surface area contributed by atoms with Crippen molar-refractivity contribution in [2.45, 2.75) is 5.25 Å². The van der Waals surface area contributed by atoms with Crippen LogP contribution in [0.15, 0.2) is 30.3 Å². The van der Waals surface area contributed by atoms with E-state index in [0.29, 0.717) is 5.56 Å². The van der Waals surface area contributed by atoms with E-state index in [0.717, 1.165) is 6.08 Å². The van der Waals surface area contributed by atoms with Crippen molar-refractivity contribution in [3.63, 3.8) is 0 Å². The molecule has 0 fully saturated rings. The molecule has 1 unspecified atom stereocenters. The van der Waals surface area contributed by atoms with Crippen LogP contribution >= 0.6 is 0 Å². The molecule has 2 rings (SSSR count). The van der Waals surface area contributed by atoms with E-state index in [1.165, 1.54) is 12.1 Å². The Morgan fingerprint density at radius 2 is 1.72 bits per heavy atom. The summed E-state index contributed by atoms with van der Waals surface area (Å²) in [5.41, 5.74) is 0.732. The van der Waals surface area contributed by atoms with E-state index in [1.807, 2.05) is 0 Å². The molecule has 1 aliphatic rings. The first-order valence-corrected chi connectivity index (χ1v) is 7.13. The van der Waals surface area contributed by atoms with Gasteiger partial charge < -0.3 is 4.55 Å². The molecular weight excluding hydrogens is 287 g/mol. The molecule has 0 aromatic heterocycles. The second kappa shape index (κ2) is 5.68. The molecule has 0 amide bonds. The predicted molar refractivity (Wildman–Crippen MR) is 61.8 cm³/mol. The minimum Gasteiger partial charge on any atom is -0.747 e. The number of hydrogen-bond donors (Lipinski definition) is 0. The SMILES string of the molecule is O=S(=O)=C1C=Cc2ccccc2C1S(=O)(=O)[O-].[Na+]. The van der Waals surface area contributed by atoms with E-state index in [1.54, 1.807) is 18.2 Å². The van der Waals surface area contributed by atoms with Gasteiger partial charge in [0.25, 0.3) is 0 Å². The summed E-state index contributed by atoms with van der Waals surface area (Å²) >= 11 is 0. The molecule has 1 aromatic rings. The molecule has 0 saturated carbocycles. The minimum absolute atomic E-state index is 0. The summed E-state index contributed by atoms with van der Waals surface area (Å²) in [5.74, 6) is 0. The Morgan fingerprint density at radius 1 is 1.11 bits per heavy atom. The molecular formula is C10H7NaO5S2. The number of benzene rings is 1. The van der Waals surface area contributed by atoms with Crippen molar-refractivity contribution in [2.75, 3.05) is 0 Å². The van der Waals surface area contributed by atoms with Crippen LogP contribution in [0.1, 0.15) is 16.4 Å². The third-order valence-electron chi connectivity index (χ3n) is 2.45. The second-order valence-electron chi connectivity index (χ2n) is 3.47. The van der Waals surface area contributed by atoms with Crippen LogP contribution in [0.25, 0.3) is 6.08 Å². The molecule has 18 heavy (non-hydrogen) atoms. The fourth-order valence-corrected chi connectivity index (χ4v) is 3.71. The Balaban J connectivity index is 0.00000162. The molecule has 0 spiro atoms. The molecule has 0 N–H and O–H groups in total. The summed E-state index contributed by atoms with van der Waals surface area (Å²) in [6.07, 6.45) is 2.62. The molecule has 1 atom stereocenters. The molecule has 8 heteroatoms. The summed E-state index contributed by atoms with van der Waals surface area (Å²) in [5, 5.41) is -1.65. The molecule has 0 bridgehead atoms. The standard InChI is InChI=1S/C10H8O5S2.Na/c11-16(12)9-6-5-7-3-1-2-4-8(7)10(9)17(13,14)15;/h1-6,10H,(H,13,14,15);/q;+1/p-1. The van der Waals surface area contributed by atoms with Crippen molar-refractivity contribution in [3.05, 3.63) is 41.5 Å². The number of fused-ring (bicyclic) bond motifs is 1.